The minimum absolute atomic E-state index is 0.220. The first-order valence-electron chi connectivity index (χ1n) is 15.9. The van der Waals surface area contributed by atoms with E-state index in [4.69, 9.17) is 4.74 Å². The van der Waals surface area contributed by atoms with Crippen molar-refractivity contribution in [3.8, 4) is 22.5 Å². The lowest BCUT2D eigenvalue weighted by molar-refractivity contribution is -0.161. The lowest BCUT2D eigenvalue weighted by atomic mass is 9.83. The number of benzene rings is 2. The predicted molar refractivity (Wildman–Crippen MR) is 176 cm³/mol. The molecule has 10 nitrogen and oxygen atoms in total. The fourth-order valence-corrected chi connectivity index (χ4v) is 5.25. The number of H-pyrrole nitrogens is 1. The first kappa shape index (κ1) is 35.4. The van der Waals surface area contributed by atoms with E-state index < -0.39 is 28.9 Å². The number of aromatic amines is 1. The first-order chi connectivity index (χ1) is 21.2. The number of carbonyl (C=O) groups excluding carboxylic acids is 3. The van der Waals surface area contributed by atoms with E-state index in [0.29, 0.717) is 31.5 Å². The molecule has 3 atom stereocenters. The molecule has 45 heavy (non-hydrogen) atoms. The maximum Gasteiger partial charge on any atom is 0.309 e. The number of hydrogen-bond acceptors (Lipinski definition) is 7. The zero-order chi connectivity index (χ0) is 33.2. The van der Waals surface area contributed by atoms with E-state index in [0.717, 1.165) is 35.1 Å². The predicted octanol–water partition coefficient (Wildman–Crippen LogP) is 5.90. The van der Waals surface area contributed by atoms with Crippen molar-refractivity contribution in [3.05, 3.63) is 54.1 Å². The minimum atomic E-state index is -0.709. The molecule has 0 radical (unpaired) electrons. The number of unbranched alkanes of at least 4 members (excludes halogenated alkanes) is 1. The van der Waals surface area contributed by atoms with E-state index in [9.17, 15) is 14.4 Å². The van der Waals surface area contributed by atoms with Crippen molar-refractivity contribution in [2.45, 2.75) is 98.6 Å². The van der Waals surface area contributed by atoms with Gasteiger partial charge in [-0.2, -0.15) is 5.21 Å². The monoisotopic (exact) mass is 618 g/mol. The summed E-state index contributed by atoms with van der Waals surface area (Å²) in [6.45, 7) is 13.4. The third-order valence-electron chi connectivity index (χ3n) is 7.80. The lowest BCUT2D eigenvalue weighted by Gasteiger charge is -2.32. The van der Waals surface area contributed by atoms with Crippen LogP contribution in [0.25, 0.3) is 22.5 Å². The van der Waals surface area contributed by atoms with Crippen LogP contribution in [0.15, 0.2) is 48.5 Å². The van der Waals surface area contributed by atoms with Gasteiger partial charge in [0.1, 0.15) is 11.6 Å². The van der Waals surface area contributed by atoms with Crippen LogP contribution in [0.3, 0.4) is 0 Å². The molecule has 0 aliphatic rings. The zero-order valence-corrected chi connectivity index (χ0v) is 28.1. The smallest absolute Gasteiger partial charge is 0.309 e. The topological polar surface area (TPSA) is 139 Å². The highest BCUT2D eigenvalue weighted by atomic mass is 16.6. The van der Waals surface area contributed by atoms with Gasteiger partial charge in [0.25, 0.3) is 0 Å². The molecular formula is C35H50N6O4. The Labute approximate surface area is 267 Å². The number of ether oxygens (including phenoxy) is 1. The van der Waals surface area contributed by atoms with E-state index in [1.54, 1.807) is 7.05 Å². The number of rotatable bonds is 14. The normalized spacial score (nSPS) is 13.9. The lowest BCUT2D eigenvalue weighted by Crippen LogP contribution is -2.54. The Hall–Kier alpha value is -4.08. The molecule has 0 unspecified atom stereocenters. The minimum Gasteiger partial charge on any atom is -0.460 e. The fourth-order valence-electron chi connectivity index (χ4n) is 5.25. The van der Waals surface area contributed by atoms with E-state index in [1.807, 2.05) is 65.8 Å². The van der Waals surface area contributed by atoms with Crippen molar-refractivity contribution in [2.24, 2.45) is 17.3 Å². The highest BCUT2D eigenvalue weighted by molar-refractivity contribution is 5.89. The average molecular weight is 619 g/mol. The molecule has 0 saturated carbocycles. The molecule has 1 aromatic heterocycles. The highest BCUT2D eigenvalue weighted by Crippen LogP contribution is 2.28. The number of likely N-dealkylation sites (N-methyl/N-ethyl adjacent to an activating group) is 1. The van der Waals surface area contributed by atoms with Gasteiger partial charge in [0.05, 0.1) is 5.92 Å². The van der Waals surface area contributed by atoms with Crippen molar-refractivity contribution < 1.29 is 19.1 Å². The molecule has 0 saturated heterocycles. The number of carbonyl (C=O) groups is 3. The van der Waals surface area contributed by atoms with Crippen LogP contribution in [0.5, 0.6) is 0 Å². The Morgan fingerprint density at radius 1 is 0.844 bits per heavy atom. The summed E-state index contributed by atoms with van der Waals surface area (Å²) in [5.74, 6) is -1.09. The Kier molecular flexibility index (Phi) is 12.4. The van der Waals surface area contributed by atoms with Crippen molar-refractivity contribution >= 4 is 17.8 Å². The van der Waals surface area contributed by atoms with Crippen LogP contribution in [0, 0.1) is 17.3 Å². The van der Waals surface area contributed by atoms with Gasteiger partial charge in [0.2, 0.25) is 17.6 Å². The number of esters is 1. The average Bonchev–Trinajstić information content (AvgIpc) is 3.53. The van der Waals surface area contributed by atoms with Crippen molar-refractivity contribution in [1.82, 2.24) is 31.3 Å². The molecule has 244 valence electrons. The number of aryl methyl sites for hydroxylation is 1. The summed E-state index contributed by atoms with van der Waals surface area (Å²) in [6.07, 6.45) is 3.97. The van der Waals surface area contributed by atoms with Crippen LogP contribution >= 0.6 is 0 Å². The van der Waals surface area contributed by atoms with Gasteiger partial charge in [0, 0.05) is 18.5 Å². The summed E-state index contributed by atoms with van der Waals surface area (Å²) < 4.78 is 5.77. The van der Waals surface area contributed by atoms with Crippen LogP contribution in [0.1, 0.15) is 86.1 Å². The second-order valence-electron chi connectivity index (χ2n) is 13.8. The quantitative estimate of drug-likeness (QED) is 0.191. The first-order valence-corrected chi connectivity index (χ1v) is 15.9. The summed E-state index contributed by atoms with van der Waals surface area (Å²) in [6, 6.07) is 15.5. The van der Waals surface area contributed by atoms with E-state index in [1.165, 1.54) is 0 Å². The molecule has 2 aromatic carbocycles. The molecule has 10 heteroatoms. The Balaban J connectivity index is 1.80. The van der Waals surface area contributed by atoms with E-state index in [2.05, 4.69) is 62.4 Å². The summed E-state index contributed by atoms with van der Waals surface area (Å²) in [5.41, 5.74) is 2.97. The molecule has 3 rings (SSSR count). The summed E-state index contributed by atoms with van der Waals surface area (Å²) in [5, 5.41) is 19.8. The van der Waals surface area contributed by atoms with Crippen LogP contribution in [0.2, 0.25) is 0 Å². The molecule has 2 amide bonds. The van der Waals surface area contributed by atoms with E-state index >= 15 is 0 Å². The number of aromatic nitrogens is 4. The second kappa shape index (κ2) is 15.8. The number of amides is 2. The molecule has 3 aromatic rings. The van der Waals surface area contributed by atoms with Crippen molar-refractivity contribution in [2.75, 3.05) is 7.05 Å². The van der Waals surface area contributed by atoms with Crippen molar-refractivity contribution in [3.63, 3.8) is 0 Å². The number of hydrogen-bond donors (Lipinski definition) is 3. The standard InChI is InChI=1S/C35H50N6O4/c1-9-10-11-28(33(44)45-35(5,6)7)22-27(31(42)37-29(32(43)36-8)34(2,3)4)17-14-23-12-15-24(16-13-23)25-18-20-26(21-19-25)30-38-40-41-39-30/h12-13,15-16,18-21,27-29H,9-11,14,17,22H2,1-8H3,(H,36,43)(H,37,42)(H,38,39,40,41)/t27-,28+,29-/m1/s1. The Morgan fingerprint density at radius 2 is 1.44 bits per heavy atom. The second-order valence-corrected chi connectivity index (χ2v) is 13.8. The summed E-state index contributed by atoms with van der Waals surface area (Å²) >= 11 is 0. The molecule has 0 bridgehead atoms. The molecule has 0 aliphatic carbocycles. The van der Waals surface area contributed by atoms with E-state index in [-0.39, 0.29) is 17.8 Å². The molecular weight excluding hydrogens is 568 g/mol. The fraction of sp³-hybridized carbons (Fsp3) is 0.543. The number of nitrogens with one attached hydrogen (secondary N) is 3. The van der Waals surface area contributed by atoms with Crippen molar-refractivity contribution in [1.29, 1.82) is 0 Å². The van der Waals surface area contributed by atoms with Gasteiger partial charge >= 0.3 is 5.97 Å². The summed E-state index contributed by atoms with van der Waals surface area (Å²) in [7, 11) is 1.57. The van der Waals surface area contributed by atoms with Crippen LogP contribution in [-0.4, -0.2) is 57.1 Å². The maximum atomic E-state index is 13.9. The molecule has 0 spiro atoms. The third-order valence-corrected chi connectivity index (χ3v) is 7.80. The van der Waals surface area contributed by atoms with Gasteiger partial charge < -0.3 is 15.4 Å². The zero-order valence-electron chi connectivity index (χ0n) is 28.1. The van der Waals surface area contributed by atoms with Gasteiger partial charge in [0.15, 0.2) is 0 Å². The SMILES string of the molecule is CCCC[C@@H](C[C@@H](CCc1ccc(-c2ccc(-c3nn[nH]n3)cc2)cc1)C(=O)N[C@H](C(=O)NC)C(C)(C)C)C(=O)OC(C)(C)C. The van der Waals surface area contributed by atoms with Gasteiger partial charge in [-0.25, -0.2) is 0 Å². The molecule has 0 aliphatic heterocycles. The third kappa shape index (κ3) is 10.8. The van der Waals surface area contributed by atoms with Crippen LogP contribution in [0.4, 0.5) is 0 Å². The molecule has 0 fully saturated rings. The van der Waals surface area contributed by atoms with Gasteiger partial charge in [-0.1, -0.05) is 89.1 Å². The van der Waals surface area contributed by atoms with Crippen LogP contribution in [-0.2, 0) is 25.5 Å². The molecule has 3 N–H and O–H groups in total. The molecule has 1 heterocycles. The van der Waals surface area contributed by atoms with Crippen LogP contribution < -0.4 is 10.6 Å². The number of tetrazole rings is 1. The Morgan fingerprint density at radius 3 is 1.96 bits per heavy atom. The maximum absolute atomic E-state index is 13.9. The highest BCUT2D eigenvalue weighted by Gasteiger charge is 2.36. The number of nitrogens with zero attached hydrogens (tertiary/aromatic N) is 3. The summed E-state index contributed by atoms with van der Waals surface area (Å²) in [4.78, 5) is 39.9. The Bertz CT molecular complexity index is 1370. The largest absolute Gasteiger partial charge is 0.460 e. The van der Waals surface area contributed by atoms with Gasteiger partial charge in [-0.15, -0.1) is 10.2 Å². The van der Waals surface area contributed by atoms with Gasteiger partial charge in [-0.05, 0) is 73.8 Å². The van der Waals surface area contributed by atoms with Gasteiger partial charge in [-0.3, -0.25) is 14.4 Å².